The standard InChI is InChI=1S/C6H8INS/c1-4(8)5-2-3-6(7)9-5/h2-4H,8H2,1H3. The van der Waals surface area contributed by atoms with E-state index in [1.165, 1.54) is 7.76 Å². The van der Waals surface area contributed by atoms with Gasteiger partial charge in [0.2, 0.25) is 0 Å². The van der Waals surface area contributed by atoms with Gasteiger partial charge in [0, 0.05) is 10.9 Å². The Kier molecular flexibility index (Phi) is 2.49. The molecule has 1 unspecified atom stereocenters. The Labute approximate surface area is 72.4 Å². The zero-order chi connectivity index (χ0) is 6.85. The van der Waals surface area contributed by atoms with Gasteiger partial charge in [0.15, 0.2) is 0 Å². The van der Waals surface area contributed by atoms with Crippen molar-refractivity contribution in [3.05, 3.63) is 19.9 Å². The minimum absolute atomic E-state index is 0.193. The molecule has 1 nitrogen and oxygen atoms in total. The third-order valence-electron chi connectivity index (χ3n) is 1.04. The van der Waals surface area contributed by atoms with Crippen LogP contribution in [0.2, 0.25) is 0 Å². The van der Waals surface area contributed by atoms with Gasteiger partial charge in [0.1, 0.15) is 0 Å². The van der Waals surface area contributed by atoms with Crippen molar-refractivity contribution < 1.29 is 0 Å². The lowest BCUT2D eigenvalue weighted by Crippen LogP contribution is -2.01. The molecule has 0 spiro atoms. The minimum atomic E-state index is 0.193. The molecule has 0 aliphatic carbocycles. The van der Waals surface area contributed by atoms with Crippen molar-refractivity contribution in [2.24, 2.45) is 5.73 Å². The van der Waals surface area contributed by atoms with Crippen LogP contribution in [0.1, 0.15) is 17.8 Å². The van der Waals surface area contributed by atoms with E-state index in [0.29, 0.717) is 0 Å². The number of halogens is 1. The Bertz CT molecular complexity index is 195. The second-order valence-electron chi connectivity index (χ2n) is 1.93. The fourth-order valence-corrected chi connectivity index (χ4v) is 2.20. The lowest BCUT2D eigenvalue weighted by Gasteiger charge is -1.96. The van der Waals surface area contributed by atoms with E-state index in [1.807, 2.05) is 6.92 Å². The molecular weight excluding hydrogens is 245 g/mol. The van der Waals surface area contributed by atoms with E-state index in [4.69, 9.17) is 5.73 Å². The zero-order valence-electron chi connectivity index (χ0n) is 5.10. The van der Waals surface area contributed by atoms with Crippen LogP contribution in [0.25, 0.3) is 0 Å². The molecule has 1 aromatic rings. The summed E-state index contributed by atoms with van der Waals surface area (Å²) >= 11 is 4.05. The molecule has 0 bridgehead atoms. The molecule has 50 valence electrons. The van der Waals surface area contributed by atoms with Crippen molar-refractivity contribution in [2.45, 2.75) is 13.0 Å². The third kappa shape index (κ3) is 1.91. The highest BCUT2D eigenvalue weighted by molar-refractivity contribution is 14.1. The van der Waals surface area contributed by atoms with Crippen LogP contribution in [0, 0.1) is 2.88 Å². The summed E-state index contributed by atoms with van der Waals surface area (Å²) in [6, 6.07) is 4.36. The largest absolute Gasteiger partial charge is 0.324 e. The van der Waals surface area contributed by atoms with Crippen LogP contribution >= 0.6 is 33.9 Å². The Morgan fingerprint density at radius 3 is 2.56 bits per heavy atom. The molecule has 0 saturated heterocycles. The molecule has 2 N–H and O–H groups in total. The highest BCUT2D eigenvalue weighted by Crippen LogP contribution is 2.22. The van der Waals surface area contributed by atoms with Gasteiger partial charge in [-0.05, 0) is 41.6 Å². The van der Waals surface area contributed by atoms with Crippen molar-refractivity contribution in [1.82, 2.24) is 0 Å². The molecule has 9 heavy (non-hydrogen) atoms. The SMILES string of the molecule is CC(N)c1ccc(I)s1. The normalized spacial score (nSPS) is 13.7. The summed E-state index contributed by atoms with van der Waals surface area (Å²) in [6.45, 7) is 2.00. The topological polar surface area (TPSA) is 26.0 Å². The van der Waals surface area contributed by atoms with Crippen molar-refractivity contribution >= 4 is 33.9 Å². The minimum Gasteiger partial charge on any atom is -0.324 e. The zero-order valence-corrected chi connectivity index (χ0v) is 8.07. The number of rotatable bonds is 1. The molecule has 1 atom stereocenters. The van der Waals surface area contributed by atoms with E-state index < -0.39 is 0 Å². The number of hydrogen-bond acceptors (Lipinski definition) is 2. The lowest BCUT2D eigenvalue weighted by atomic mass is 10.3. The van der Waals surface area contributed by atoms with Crippen molar-refractivity contribution in [1.29, 1.82) is 0 Å². The first-order chi connectivity index (χ1) is 4.20. The molecule has 0 aliphatic rings. The summed E-state index contributed by atoms with van der Waals surface area (Å²) in [5, 5.41) is 0. The molecule has 0 amide bonds. The van der Waals surface area contributed by atoms with Gasteiger partial charge in [-0.25, -0.2) is 0 Å². The van der Waals surface area contributed by atoms with Gasteiger partial charge in [0.05, 0.1) is 2.88 Å². The first-order valence-electron chi connectivity index (χ1n) is 2.71. The molecule has 0 radical (unpaired) electrons. The lowest BCUT2D eigenvalue weighted by molar-refractivity contribution is 0.838. The summed E-state index contributed by atoms with van der Waals surface area (Å²) in [5.74, 6) is 0. The van der Waals surface area contributed by atoms with Crippen LogP contribution in [-0.4, -0.2) is 0 Å². The van der Waals surface area contributed by atoms with E-state index in [2.05, 4.69) is 34.7 Å². The predicted molar refractivity (Wildman–Crippen MR) is 49.6 cm³/mol. The van der Waals surface area contributed by atoms with Gasteiger partial charge in [-0.1, -0.05) is 0 Å². The fraction of sp³-hybridized carbons (Fsp3) is 0.333. The maximum absolute atomic E-state index is 5.63. The summed E-state index contributed by atoms with van der Waals surface area (Å²) < 4.78 is 1.31. The van der Waals surface area contributed by atoms with Crippen LogP contribution in [0.3, 0.4) is 0 Å². The van der Waals surface area contributed by atoms with Crippen LogP contribution in [-0.2, 0) is 0 Å². The molecule has 0 fully saturated rings. The van der Waals surface area contributed by atoms with E-state index in [1.54, 1.807) is 11.3 Å². The summed E-state index contributed by atoms with van der Waals surface area (Å²) in [5.41, 5.74) is 5.63. The van der Waals surface area contributed by atoms with Gasteiger partial charge >= 0.3 is 0 Å². The first-order valence-corrected chi connectivity index (χ1v) is 4.60. The summed E-state index contributed by atoms with van der Waals surface area (Å²) in [4.78, 5) is 1.26. The van der Waals surface area contributed by atoms with E-state index in [9.17, 15) is 0 Å². The summed E-state index contributed by atoms with van der Waals surface area (Å²) in [6.07, 6.45) is 0. The first kappa shape index (κ1) is 7.50. The molecular formula is C6H8INS. The smallest absolute Gasteiger partial charge is 0.0656 e. The van der Waals surface area contributed by atoms with Crippen molar-refractivity contribution in [3.63, 3.8) is 0 Å². The van der Waals surface area contributed by atoms with E-state index in [-0.39, 0.29) is 6.04 Å². The van der Waals surface area contributed by atoms with Crippen LogP contribution in [0.5, 0.6) is 0 Å². The second-order valence-corrected chi connectivity index (χ2v) is 4.94. The maximum Gasteiger partial charge on any atom is 0.0656 e. The number of nitrogens with two attached hydrogens (primary N) is 1. The van der Waals surface area contributed by atoms with Crippen molar-refractivity contribution in [3.8, 4) is 0 Å². The molecule has 1 rings (SSSR count). The summed E-state index contributed by atoms with van der Waals surface area (Å²) in [7, 11) is 0. The van der Waals surface area contributed by atoms with Crippen LogP contribution < -0.4 is 5.73 Å². The Morgan fingerprint density at radius 1 is 1.67 bits per heavy atom. The quantitative estimate of drug-likeness (QED) is 0.764. The molecule has 3 heteroatoms. The average Bonchev–Trinajstić information content (AvgIpc) is 2.14. The Morgan fingerprint density at radius 2 is 2.33 bits per heavy atom. The number of hydrogen-bond donors (Lipinski definition) is 1. The molecule has 0 aliphatic heterocycles. The van der Waals surface area contributed by atoms with Crippen LogP contribution in [0.4, 0.5) is 0 Å². The number of thiophene rings is 1. The molecule has 1 heterocycles. The van der Waals surface area contributed by atoms with Crippen LogP contribution in [0.15, 0.2) is 12.1 Å². The van der Waals surface area contributed by atoms with Gasteiger partial charge in [-0.2, -0.15) is 0 Å². The van der Waals surface area contributed by atoms with Gasteiger partial charge in [-0.15, -0.1) is 11.3 Å². The van der Waals surface area contributed by atoms with Gasteiger partial charge in [-0.3, -0.25) is 0 Å². The highest BCUT2D eigenvalue weighted by Gasteiger charge is 2.00. The average molecular weight is 253 g/mol. The molecule has 0 saturated carbocycles. The monoisotopic (exact) mass is 253 g/mol. The molecule has 0 aromatic carbocycles. The van der Waals surface area contributed by atoms with Crippen molar-refractivity contribution in [2.75, 3.05) is 0 Å². The fourth-order valence-electron chi connectivity index (χ4n) is 0.573. The van der Waals surface area contributed by atoms with E-state index >= 15 is 0 Å². The van der Waals surface area contributed by atoms with Gasteiger partial charge < -0.3 is 5.73 Å². The van der Waals surface area contributed by atoms with Gasteiger partial charge in [0.25, 0.3) is 0 Å². The highest BCUT2D eigenvalue weighted by atomic mass is 127. The Hall–Kier alpha value is 0.390. The molecule has 1 aromatic heterocycles. The predicted octanol–water partition coefficient (Wildman–Crippen LogP) is 2.37. The maximum atomic E-state index is 5.63. The second kappa shape index (κ2) is 2.98. The Balaban J connectivity index is 2.85. The third-order valence-corrected chi connectivity index (χ3v) is 3.14. The van der Waals surface area contributed by atoms with E-state index in [0.717, 1.165) is 0 Å².